The van der Waals surface area contributed by atoms with Crippen LogP contribution >= 0.6 is 0 Å². The van der Waals surface area contributed by atoms with Gasteiger partial charge in [0.15, 0.2) is 0 Å². The van der Waals surface area contributed by atoms with E-state index in [4.69, 9.17) is 5.11 Å². The van der Waals surface area contributed by atoms with Crippen molar-refractivity contribution in [2.45, 2.75) is 44.9 Å². The molecule has 0 spiro atoms. The number of carbonyl (C=O) groups is 2. The first-order chi connectivity index (χ1) is 7.02. The van der Waals surface area contributed by atoms with E-state index in [1.165, 1.54) is 0 Å². The van der Waals surface area contributed by atoms with Gasteiger partial charge in [-0.1, -0.05) is 26.6 Å². The molecule has 0 unspecified atom stereocenters. The Labute approximate surface area is 90.7 Å². The maximum atomic E-state index is 11.7. The van der Waals surface area contributed by atoms with Crippen LogP contribution in [0.1, 0.15) is 26.7 Å². The summed E-state index contributed by atoms with van der Waals surface area (Å²) in [6.07, 6.45) is 2.82. The molecule has 0 bridgehead atoms. The second-order valence-electron chi connectivity index (χ2n) is 4.34. The fourth-order valence-corrected chi connectivity index (χ4v) is 1.79. The van der Waals surface area contributed by atoms with Crippen LogP contribution in [-0.4, -0.2) is 30.3 Å². The van der Waals surface area contributed by atoms with Crippen molar-refractivity contribution in [2.24, 2.45) is 5.92 Å². The van der Waals surface area contributed by atoms with Gasteiger partial charge in [-0.15, -0.1) is 0 Å². The van der Waals surface area contributed by atoms with Crippen LogP contribution in [0.5, 0.6) is 0 Å². The quantitative estimate of drug-likeness (QED) is 0.678. The molecule has 1 heterocycles. The average Bonchev–Trinajstić information content (AvgIpc) is 2.65. The lowest BCUT2D eigenvalue weighted by atomic mass is 9.67. The lowest BCUT2D eigenvalue weighted by molar-refractivity contribution is -0.143. The number of carbonyl (C=O) groups excluding carboxylic acids is 1. The minimum absolute atomic E-state index is 0.0900. The molecule has 0 saturated carbocycles. The molecule has 1 amide bonds. The van der Waals surface area contributed by atoms with Crippen LogP contribution < -0.4 is 5.32 Å². The minimum atomic E-state index is -0.962. The first-order valence-electron chi connectivity index (χ1n) is 5.39. The summed E-state index contributed by atoms with van der Waals surface area (Å²) >= 11 is 0. The zero-order valence-electron chi connectivity index (χ0n) is 9.19. The summed E-state index contributed by atoms with van der Waals surface area (Å²) in [5.41, 5.74) is 0. The summed E-state index contributed by atoms with van der Waals surface area (Å²) in [5.74, 6) is -1.29. The molecule has 1 fully saturated rings. The van der Waals surface area contributed by atoms with E-state index in [2.05, 4.69) is 5.32 Å². The fourth-order valence-electron chi connectivity index (χ4n) is 1.79. The van der Waals surface area contributed by atoms with Crippen LogP contribution in [0, 0.1) is 5.92 Å². The van der Waals surface area contributed by atoms with Crippen molar-refractivity contribution >= 4 is 19.2 Å². The highest BCUT2D eigenvalue weighted by Crippen LogP contribution is 2.24. The van der Waals surface area contributed by atoms with E-state index in [1.807, 2.05) is 7.28 Å². The molecule has 83 valence electrons. The van der Waals surface area contributed by atoms with Crippen LogP contribution in [-0.2, 0) is 9.59 Å². The second-order valence-corrected chi connectivity index (χ2v) is 4.34. The average molecular weight is 210 g/mol. The van der Waals surface area contributed by atoms with Gasteiger partial charge >= 0.3 is 5.97 Å². The summed E-state index contributed by atoms with van der Waals surface area (Å²) in [6, 6.07) is -0.772. The third-order valence-electron chi connectivity index (χ3n) is 2.74. The molecule has 1 aliphatic heterocycles. The van der Waals surface area contributed by atoms with Gasteiger partial charge in [0.2, 0.25) is 5.91 Å². The predicted octanol–water partition coefficient (Wildman–Crippen LogP) is 0.917. The molecular weight excluding hydrogens is 193 g/mol. The molecule has 5 heteroatoms. The van der Waals surface area contributed by atoms with Gasteiger partial charge in [-0.2, -0.15) is 0 Å². The van der Waals surface area contributed by atoms with Gasteiger partial charge < -0.3 is 10.4 Å². The van der Waals surface area contributed by atoms with Crippen LogP contribution in [0.15, 0.2) is 0 Å². The number of nitrogens with one attached hydrogen (secondary N) is 1. The second kappa shape index (κ2) is 5.19. The number of amides is 1. The molecule has 0 aliphatic carbocycles. The molecule has 1 saturated heterocycles. The smallest absolute Gasteiger partial charge is 0.326 e. The maximum absolute atomic E-state index is 11.7. The van der Waals surface area contributed by atoms with Gasteiger partial charge in [0.25, 0.3) is 0 Å². The molecule has 0 aromatic rings. The van der Waals surface area contributed by atoms with Crippen molar-refractivity contribution in [1.29, 1.82) is 0 Å². The summed E-state index contributed by atoms with van der Waals surface area (Å²) in [6.45, 7) is 3.58. The van der Waals surface area contributed by atoms with E-state index in [-0.39, 0.29) is 17.6 Å². The SMILES string of the molecule is CC(C)[C@H](NC(=O)[C@H]1[B]CCC1)C(=O)O. The molecular formula is C10H17BNO3. The van der Waals surface area contributed by atoms with Gasteiger partial charge in [-0.3, -0.25) is 4.79 Å². The molecule has 4 nitrogen and oxygen atoms in total. The Bertz CT molecular complexity index is 249. The Morgan fingerprint density at radius 2 is 2.13 bits per heavy atom. The Hall–Kier alpha value is -0.995. The van der Waals surface area contributed by atoms with Crippen molar-refractivity contribution in [3.8, 4) is 0 Å². The summed E-state index contributed by atoms with van der Waals surface area (Å²) < 4.78 is 0. The molecule has 15 heavy (non-hydrogen) atoms. The largest absolute Gasteiger partial charge is 0.480 e. The number of hydrogen-bond donors (Lipinski definition) is 2. The van der Waals surface area contributed by atoms with Gasteiger partial charge in [-0.25, -0.2) is 4.79 Å². The molecule has 2 N–H and O–H groups in total. The van der Waals surface area contributed by atoms with E-state index < -0.39 is 12.0 Å². The van der Waals surface area contributed by atoms with Gasteiger partial charge in [0.05, 0.1) is 0 Å². The van der Waals surface area contributed by atoms with Crippen LogP contribution in [0.2, 0.25) is 12.1 Å². The fraction of sp³-hybridized carbons (Fsp3) is 0.800. The summed E-state index contributed by atoms with van der Waals surface area (Å²) in [5, 5.41) is 11.5. The van der Waals surface area contributed by atoms with E-state index in [0.29, 0.717) is 0 Å². The number of carboxylic acids is 1. The summed E-state index contributed by atoms with van der Waals surface area (Å²) in [4.78, 5) is 22.5. The Morgan fingerprint density at radius 1 is 1.47 bits per heavy atom. The van der Waals surface area contributed by atoms with Crippen molar-refractivity contribution < 1.29 is 14.7 Å². The third-order valence-corrected chi connectivity index (χ3v) is 2.74. The van der Waals surface area contributed by atoms with E-state index >= 15 is 0 Å². The van der Waals surface area contributed by atoms with Gasteiger partial charge in [0, 0.05) is 5.82 Å². The molecule has 0 aromatic heterocycles. The van der Waals surface area contributed by atoms with E-state index in [0.717, 1.165) is 19.2 Å². The van der Waals surface area contributed by atoms with E-state index in [1.54, 1.807) is 13.8 Å². The number of carboxylic acid groups (broad SMARTS) is 1. The first kappa shape index (κ1) is 12.1. The maximum Gasteiger partial charge on any atom is 0.326 e. The Morgan fingerprint density at radius 3 is 2.53 bits per heavy atom. The monoisotopic (exact) mass is 210 g/mol. The lowest BCUT2D eigenvalue weighted by Gasteiger charge is -2.20. The number of aliphatic carboxylic acids is 1. The predicted molar refractivity (Wildman–Crippen MR) is 57.9 cm³/mol. The highest BCUT2D eigenvalue weighted by atomic mass is 16.4. The van der Waals surface area contributed by atoms with Crippen molar-refractivity contribution in [3.05, 3.63) is 0 Å². The Kier molecular flexibility index (Phi) is 4.18. The number of hydrogen-bond acceptors (Lipinski definition) is 2. The van der Waals surface area contributed by atoms with Crippen LogP contribution in [0.3, 0.4) is 0 Å². The van der Waals surface area contributed by atoms with Crippen molar-refractivity contribution in [2.75, 3.05) is 0 Å². The zero-order chi connectivity index (χ0) is 11.4. The third kappa shape index (κ3) is 3.25. The molecule has 1 aliphatic rings. The molecule has 0 aromatic carbocycles. The topological polar surface area (TPSA) is 66.4 Å². The number of rotatable bonds is 4. The molecule has 2 atom stereocenters. The first-order valence-corrected chi connectivity index (χ1v) is 5.39. The van der Waals surface area contributed by atoms with Crippen molar-refractivity contribution in [3.63, 3.8) is 0 Å². The van der Waals surface area contributed by atoms with E-state index in [9.17, 15) is 9.59 Å². The van der Waals surface area contributed by atoms with Gasteiger partial charge in [0.1, 0.15) is 13.3 Å². The highest BCUT2D eigenvalue weighted by molar-refractivity contribution is 6.45. The molecule has 1 radical (unpaired) electrons. The van der Waals surface area contributed by atoms with Crippen LogP contribution in [0.25, 0.3) is 0 Å². The molecule has 1 rings (SSSR count). The van der Waals surface area contributed by atoms with Crippen LogP contribution in [0.4, 0.5) is 0 Å². The normalized spacial score (nSPS) is 22.2. The Balaban J connectivity index is 2.50. The zero-order valence-corrected chi connectivity index (χ0v) is 9.19. The summed E-state index contributed by atoms with van der Waals surface area (Å²) in [7, 11) is 1.97. The van der Waals surface area contributed by atoms with Crippen molar-refractivity contribution in [1.82, 2.24) is 5.32 Å². The standard InChI is InChI=1S/C10H17BNO3/c1-6(2)8(10(14)15)12-9(13)7-4-3-5-11-7/h6-8H,3-5H2,1-2H3,(H,12,13)(H,14,15)/t7-,8-/m0/s1. The van der Waals surface area contributed by atoms with Gasteiger partial charge in [-0.05, 0) is 12.3 Å². The lowest BCUT2D eigenvalue weighted by Crippen LogP contribution is -2.45. The highest BCUT2D eigenvalue weighted by Gasteiger charge is 2.29. The minimum Gasteiger partial charge on any atom is -0.480 e.